The van der Waals surface area contributed by atoms with Crippen molar-refractivity contribution in [2.24, 2.45) is 0 Å². The predicted molar refractivity (Wildman–Crippen MR) is 74.8 cm³/mol. The Balaban J connectivity index is 2.18. The van der Waals surface area contributed by atoms with Crippen LogP contribution in [0.1, 0.15) is 12.8 Å². The first kappa shape index (κ1) is 13.6. The molecule has 1 heterocycles. The van der Waals surface area contributed by atoms with E-state index in [-0.39, 0.29) is 0 Å². The molecule has 0 aliphatic carbocycles. The van der Waals surface area contributed by atoms with Crippen LogP contribution in [0.25, 0.3) is 11.0 Å². The summed E-state index contributed by atoms with van der Waals surface area (Å²) in [6, 6.07) is 5.86. The van der Waals surface area contributed by atoms with E-state index in [1.165, 1.54) is 0 Å². The standard InChI is InChI=1S/C13H15N3O2S/c1-17-11-7-9-10(8-12(11)18-2)16-13(15-9)19-6-4-3-5-14/h7-8H,3-4,6H2,1-2H3,(H,15,16). The number of ether oxygens (including phenoxy) is 2. The van der Waals surface area contributed by atoms with E-state index in [1.54, 1.807) is 26.0 Å². The lowest BCUT2D eigenvalue weighted by molar-refractivity contribution is 0.356. The van der Waals surface area contributed by atoms with E-state index in [9.17, 15) is 0 Å². The third kappa shape index (κ3) is 3.12. The second kappa shape index (κ2) is 6.34. The summed E-state index contributed by atoms with van der Waals surface area (Å²) in [7, 11) is 3.21. The molecular weight excluding hydrogens is 262 g/mol. The molecule has 0 aliphatic rings. The van der Waals surface area contributed by atoms with Crippen molar-refractivity contribution in [1.82, 2.24) is 9.97 Å². The first-order valence-electron chi connectivity index (χ1n) is 5.90. The third-order valence-corrected chi connectivity index (χ3v) is 3.60. The van der Waals surface area contributed by atoms with E-state index in [0.717, 1.165) is 28.4 Å². The summed E-state index contributed by atoms with van der Waals surface area (Å²) in [6.07, 6.45) is 1.44. The molecule has 0 unspecified atom stereocenters. The Morgan fingerprint density at radius 1 is 1.32 bits per heavy atom. The molecule has 1 aromatic heterocycles. The van der Waals surface area contributed by atoms with Crippen molar-refractivity contribution in [3.8, 4) is 17.6 Å². The lowest BCUT2D eigenvalue weighted by atomic mass is 10.3. The van der Waals surface area contributed by atoms with Crippen molar-refractivity contribution in [3.05, 3.63) is 12.1 Å². The van der Waals surface area contributed by atoms with Gasteiger partial charge in [-0.05, 0) is 6.42 Å². The molecule has 0 fully saturated rings. The molecule has 0 spiro atoms. The number of unbranched alkanes of at least 4 members (excludes halogenated alkanes) is 1. The molecule has 2 rings (SSSR count). The van der Waals surface area contributed by atoms with Crippen molar-refractivity contribution in [1.29, 1.82) is 5.26 Å². The van der Waals surface area contributed by atoms with Crippen molar-refractivity contribution in [2.75, 3.05) is 20.0 Å². The van der Waals surface area contributed by atoms with E-state index in [2.05, 4.69) is 16.0 Å². The number of rotatable bonds is 6. The molecule has 0 radical (unpaired) electrons. The maximum Gasteiger partial charge on any atom is 0.166 e. The van der Waals surface area contributed by atoms with Crippen molar-refractivity contribution < 1.29 is 9.47 Å². The van der Waals surface area contributed by atoms with Crippen LogP contribution in [-0.4, -0.2) is 29.9 Å². The summed E-state index contributed by atoms with van der Waals surface area (Å²) in [6.45, 7) is 0. The number of hydrogen-bond donors (Lipinski definition) is 1. The highest BCUT2D eigenvalue weighted by Crippen LogP contribution is 2.32. The summed E-state index contributed by atoms with van der Waals surface area (Å²) in [5.74, 6) is 2.23. The van der Waals surface area contributed by atoms with Gasteiger partial charge in [0, 0.05) is 24.3 Å². The first-order chi connectivity index (χ1) is 9.28. The molecule has 100 valence electrons. The van der Waals surface area contributed by atoms with Crippen LogP contribution in [-0.2, 0) is 0 Å². The van der Waals surface area contributed by atoms with E-state index in [1.807, 2.05) is 12.1 Å². The van der Waals surface area contributed by atoms with E-state index >= 15 is 0 Å². The molecule has 6 heteroatoms. The van der Waals surface area contributed by atoms with Crippen molar-refractivity contribution >= 4 is 22.8 Å². The van der Waals surface area contributed by atoms with Gasteiger partial charge in [0.1, 0.15) is 0 Å². The number of H-pyrrole nitrogens is 1. The molecule has 0 aliphatic heterocycles. The Hall–Kier alpha value is -1.87. The fourth-order valence-electron chi connectivity index (χ4n) is 1.70. The molecule has 0 amide bonds. The Labute approximate surface area is 115 Å². The molecule has 0 saturated heterocycles. The summed E-state index contributed by atoms with van der Waals surface area (Å²) in [5.41, 5.74) is 1.76. The minimum absolute atomic E-state index is 0.578. The van der Waals surface area contributed by atoms with Crippen LogP contribution in [0.3, 0.4) is 0 Å². The number of imidazole rings is 1. The molecule has 0 saturated carbocycles. The van der Waals surface area contributed by atoms with Crippen LogP contribution in [0.5, 0.6) is 11.5 Å². The van der Waals surface area contributed by atoms with Gasteiger partial charge in [0.05, 0.1) is 31.3 Å². The van der Waals surface area contributed by atoms with Crippen LogP contribution in [0.15, 0.2) is 17.3 Å². The Morgan fingerprint density at radius 3 is 2.74 bits per heavy atom. The average molecular weight is 277 g/mol. The summed E-state index contributed by atoms with van der Waals surface area (Å²) in [4.78, 5) is 7.72. The van der Waals surface area contributed by atoms with Gasteiger partial charge in [0.25, 0.3) is 0 Å². The van der Waals surface area contributed by atoms with Crippen LogP contribution in [0.4, 0.5) is 0 Å². The van der Waals surface area contributed by atoms with Crippen molar-refractivity contribution in [2.45, 2.75) is 18.0 Å². The number of nitriles is 1. The van der Waals surface area contributed by atoms with Gasteiger partial charge >= 0.3 is 0 Å². The largest absolute Gasteiger partial charge is 0.493 e. The SMILES string of the molecule is COc1cc2nc(SCCCC#N)[nH]c2cc1OC. The predicted octanol–water partition coefficient (Wildman–Crippen LogP) is 2.98. The number of nitrogens with one attached hydrogen (secondary N) is 1. The number of benzene rings is 1. The highest BCUT2D eigenvalue weighted by molar-refractivity contribution is 7.99. The Bertz CT molecular complexity index is 563. The fraction of sp³-hybridized carbons (Fsp3) is 0.385. The lowest BCUT2D eigenvalue weighted by Gasteiger charge is -2.06. The summed E-state index contributed by atoms with van der Waals surface area (Å²) in [5, 5.41) is 9.33. The maximum absolute atomic E-state index is 8.48. The number of aromatic nitrogens is 2. The zero-order chi connectivity index (χ0) is 13.7. The number of nitrogens with zero attached hydrogens (tertiary/aromatic N) is 2. The quantitative estimate of drug-likeness (QED) is 0.649. The van der Waals surface area contributed by atoms with E-state index in [4.69, 9.17) is 14.7 Å². The van der Waals surface area contributed by atoms with E-state index in [0.29, 0.717) is 17.9 Å². The molecule has 19 heavy (non-hydrogen) atoms. The molecular formula is C13H15N3O2S. The normalized spacial score (nSPS) is 10.4. The number of aromatic amines is 1. The van der Waals surface area contributed by atoms with Crippen LogP contribution < -0.4 is 9.47 Å². The molecule has 1 N–H and O–H groups in total. The minimum atomic E-state index is 0.578. The topological polar surface area (TPSA) is 70.9 Å². The Morgan fingerprint density at radius 2 is 2.05 bits per heavy atom. The summed E-state index contributed by atoms with van der Waals surface area (Å²) >= 11 is 1.61. The zero-order valence-corrected chi connectivity index (χ0v) is 11.7. The monoisotopic (exact) mass is 277 g/mol. The van der Waals surface area contributed by atoms with Gasteiger partial charge in [-0.2, -0.15) is 5.26 Å². The number of fused-ring (bicyclic) bond motifs is 1. The van der Waals surface area contributed by atoms with Gasteiger partial charge < -0.3 is 14.5 Å². The lowest BCUT2D eigenvalue weighted by Crippen LogP contribution is -1.89. The van der Waals surface area contributed by atoms with Crippen LogP contribution in [0, 0.1) is 11.3 Å². The minimum Gasteiger partial charge on any atom is -0.493 e. The van der Waals surface area contributed by atoms with Crippen LogP contribution in [0.2, 0.25) is 0 Å². The van der Waals surface area contributed by atoms with Gasteiger partial charge in [-0.25, -0.2) is 4.98 Å². The zero-order valence-electron chi connectivity index (χ0n) is 10.9. The van der Waals surface area contributed by atoms with Gasteiger partial charge in [-0.1, -0.05) is 11.8 Å². The second-order valence-electron chi connectivity index (χ2n) is 3.88. The van der Waals surface area contributed by atoms with Gasteiger partial charge in [0.15, 0.2) is 16.7 Å². The van der Waals surface area contributed by atoms with Gasteiger partial charge in [-0.15, -0.1) is 0 Å². The highest BCUT2D eigenvalue weighted by Gasteiger charge is 2.10. The third-order valence-electron chi connectivity index (χ3n) is 2.64. The van der Waals surface area contributed by atoms with E-state index < -0.39 is 0 Å². The molecule has 0 atom stereocenters. The molecule has 1 aromatic carbocycles. The van der Waals surface area contributed by atoms with Gasteiger partial charge in [0.2, 0.25) is 0 Å². The Kier molecular flexibility index (Phi) is 4.53. The molecule has 5 nitrogen and oxygen atoms in total. The first-order valence-corrected chi connectivity index (χ1v) is 6.88. The molecule has 0 bridgehead atoms. The smallest absolute Gasteiger partial charge is 0.166 e. The molecule has 2 aromatic rings. The fourth-order valence-corrected chi connectivity index (χ4v) is 2.53. The van der Waals surface area contributed by atoms with Gasteiger partial charge in [-0.3, -0.25) is 0 Å². The van der Waals surface area contributed by atoms with Crippen molar-refractivity contribution in [3.63, 3.8) is 0 Å². The summed E-state index contributed by atoms with van der Waals surface area (Å²) < 4.78 is 10.5. The second-order valence-corrected chi connectivity index (χ2v) is 4.96. The average Bonchev–Trinajstić information content (AvgIpc) is 2.83. The number of thioether (sulfide) groups is 1. The van der Waals surface area contributed by atoms with Crippen LogP contribution >= 0.6 is 11.8 Å². The number of hydrogen-bond acceptors (Lipinski definition) is 5. The highest BCUT2D eigenvalue weighted by atomic mass is 32.2. The number of methoxy groups -OCH3 is 2. The maximum atomic E-state index is 8.48.